The second kappa shape index (κ2) is 9.46. The van der Waals surface area contributed by atoms with E-state index in [-0.39, 0.29) is 37.7 Å². The first-order valence-corrected chi connectivity index (χ1v) is 10.4. The molecule has 0 aromatic heterocycles. The van der Waals surface area contributed by atoms with Crippen molar-refractivity contribution in [2.75, 3.05) is 40.0 Å². The molecular formula is C18H27N3O6S. The lowest BCUT2D eigenvalue weighted by Gasteiger charge is -2.24. The number of carbonyl (C=O) groups excluding carboxylic acids is 2. The number of rotatable bonds is 7. The van der Waals surface area contributed by atoms with Gasteiger partial charge < -0.3 is 20.1 Å². The quantitative estimate of drug-likeness (QED) is 0.474. The maximum atomic E-state index is 13.2. The molecule has 10 heteroatoms. The van der Waals surface area contributed by atoms with Gasteiger partial charge >= 0.3 is 11.8 Å². The number of benzene rings is 1. The van der Waals surface area contributed by atoms with Crippen LogP contribution in [0.15, 0.2) is 17.0 Å². The van der Waals surface area contributed by atoms with Gasteiger partial charge in [0.1, 0.15) is 6.23 Å². The highest BCUT2D eigenvalue weighted by molar-refractivity contribution is 7.89. The lowest BCUT2D eigenvalue weighted by atomic mass is 10.1. The Labute approximate surface area is 165 Å². The van der Waals surface area contributed by atoms with Crippen molar-refractivity contribution in [3.05, 3.63) is 28.8 Å². The molecule has 1 saturated heterocycles. The summed E-state index contributed by atoms with van der Waals surface area (Å²) in [6.45, 7) is 6.17. The van der Waals surface area contributed by atoms with Crippen molar-refractivity contribution in [2.24, 2.45) is 0 Å². The molecule has 28 heavy (non-hydrogen) atoms. The molecule has 2 amide bonds. The molecule has 1 atom stereocenters. The normalized spacial score (nSPS) is 17.5. The van der Waals surface area contributed by atoms with Gasteiger partial charge in [0.05, 0.1) is 24.7 Å². The first-order valence-electron chi connectivity index (χ1n) is 8.94. The van der Waals surface area contributed by atoms with E-state index < -0.39 is 28.1 Å². The van der Waals surface area contributed by atoms with E-state index in [2.05, 4.69) is 10.6 Å². The smallest absolute Gasteiger partial charge is 0.309 e. The average Bonchev–Trinajstić information content (AvgIpc) is 3.08. The largest absolute Gasteiger partial charge is 0.383 e. The van der Waals surface area contributed by atoms with Crippen LogP contribution in [0.1, 0.15) is 16.7 Å². The van der Waals surface area contributed by atoms with Crippen molar-refractivity contribution in [1.29, 1.82) is 0 Å². The summed E-state index contributed by atoms with van der Waals surface area (Å²) in [5.74, 6) is -1.67. The number of methoxy groups -OCH3 is 1. The third-order valence-electron chi connectivity index (χ3n) is 4.35. The number of hydrogen-bond donors (Lipinski definition) is 2. The Morgan fingerprint density at radius 2 is 1.79 bits per heavy atom. The second-order valence-electron chi connectivity index (χ2n) is 6.63. The van der Waals surface area contributed by atoms with E-state index in [1.54, 1.807) is 13.8 Å². The standard InChI is InChI=1S/C18H27N3O6S/c1-12-9-13(2)16(14(3)10-12)28(24,25)21-6-8-27-15(21)11-20-18(23)17(22)19-5-7-26-4/h9-10,15H,5-8,11H2,1-4H3,(H,19,22)(H,20,23)/t15-/m1/s1. The number of nitrogens with one attached hydrogen (secondary N) is 2. The zero-order valence-corrected chi connectivity index (χ0v) is 17.4. The summed E-state index contributed by atoms with van der Waals surface area (Å²) in [5, 5.41) is 4.82. The molecule has 0 spiro atoms. The molecule has 2 N–H and O–H groups in total. The first kappa shape index (κ1) is 22.3. The summed E-state index contributed by atoms with van der Waals surface area (Å²) >= 11 is 0. The zero-order valence-electron chi connectivity index (χ0n) is 16.6. The molecule has 9 nitrogen and oxygen atoms in total. The molecule has 1 fully saturated rings. The fraction of sp³-hybridized carbons (Fsp3) is 0.556. The van der Waals surface area contributed by atoms with Crippen molar-refractivity contribution in [2.45, 2.75) is 31.9 Å². The van der Waals surface area contributed by atoms with Crippen LogP contribution in [0.2, 0.25) is 0 Å². The van der Waals surface area contributed by atoms with E-state index in [1.165, 1.54) is 11.4 Å². The SMILES string of the molecule is COCCNC(=O)C(=O)NC[C@H]1OCCN1S(=O)(=O)c1c(C)cc(C)cc1C. The van der Waals surface area contributed by atoms with Crippen LogP contribution in [0.5, 0.6) is 0 Å². The Hall–Kier alpha value is -2.01. The van der Waals surface area contributed by atoms with Gasteiger partial charge in [0.25, 0.3) is 0 Å². The molecule has 0 unspecified atom stereocenters. The minimum absolute atomic E-state index is 0.125. The van der Waals surface area contributed by atoms with E-state index >= 15 is 0 Å². The summed E-state index contributed by atoms with van der Waals surface area (Å²) in [4.78, 5) is 23.8. The lowest BCUT2D eigenvalue weighted by Crippen LogP contribution is -2.47. The highest BCUT2D eigenvalue weighted by Crippen LogP contribution is 2.28. The zero-order chi connectivity index (χ0) is 20.9. The molecular weight excluding hydrogens is 386 g/mol. The van der Waals surface area contributed by atoms with Crippen molar-refractivity contribution in [3.8, 4) is 0 Å². The van der Waals surface area contributed by atoms with Crippen LogP contribution in [-0.4, -0.2) is 70.7 Å². The molecule has 1 aromatic carbocycles. The third kappa shape index (κ3) is 5.07. The van der Waals surface area contributed by atoms with Gasteiger partial charge in [0, 0.05) is 20.2 Å². The van der Waals surface area contributed by atoms with Gasteiger partial charge in [0.2, 0.25) is 10.0 Å². The fourth-order valence-corrected chi connectivity index (χ4v) is 5.17. The Kier molecular flexibility index (Phi) is 7.53. The van der Waals surface area contributed by atoms with Crippen molar-refractivity contribution in [1.82, 2.24) is 14.9 Å². The van der Waals surface area contributed by atoms with Crippen LogP contribution in [0.3, 0.4) is 0 Å². The number of hydrogen-bond acceptors (Lipinski definition) is 6. The molecule has 156 valence electrons. The van der Waals surface area contributed by atoms with Crippen LogP contribution in [0, 0.1) is 20.8 Å². The molecule has 0 bridgehead atoms. The Balaban J connectivity index is 2.08. The van der Waals surface area contributed by atoms with E-state index in [1.807, 2.05) is 19.1 Å². The maximum Gasteiger partial charge on any atom is 0.309 e. The summed E-state index contributed by atoms with van der Waals surface area (Å²) in [5.41, 5.74) is 2.30. The molecule has 1 aliphatic heterocycles. The number of sulfonamides is 1. The van der Waals surface area contributed by atoms with Gasteiger partial charge in [-0.05, 0) is 31.9 Å². The lowest BCUT2D eigenvalue weighted by molar-refractivity contribution is -0.139. The average molecular weight is 413 g/mol. The van der Waals surface area contributed by atoms with Crippen molar-refractivity contribution < 1.29 is 27.5 Å². The summed E-state index contributed by atoms with van der Waals surface area (Å²) in [6.07, 6.45) is -0.874. The minimum Gasteiger partial charge on any atom is -0.383 e. The molecule has 1 heterocycles. The highest BCUT2D eigenvalue weighted by Gasteiger charge is 2.38. The van der Waals surface area contributed by atoms with E-state index in [0.717, 1.165) is 5.56 Å². The van der Waals surface area contributed by atoms with Gasteiger partial charge in [-0.1, -0.05) is 17.7 Å². The molecule has 1 aromatic rings. The third-order valence-corrected chi connectivity index (χ3v) is 6.54. The highest BCUT2D eigenvalue weighted by atomic mass is 32.2. The second-order valence-corrected chi connectivity index (χ2v) is 8.46. The predicted molar refractivity (Wildman–Crippen MR) is 102 cm³/mol. The van der Waals surface area contributed by atoms with Crippen LogP contribution in [0.4, 0.5) is 0 Å². The molecule has 0 radical (unpaired) electrons. The Bertz CT molecular complexity index is 817. The van der Waals surface area contributed by atoms with Gasteiger partial charge in [-0.25, -0.2) is 8.42 Å². The van der Waals surface area contributed by atoms with E-state index in [9.17, 15) is 18.0 Å². The Morgan fingerprint density at radius 3 is 2.39 bits per heavy atom. The van der Waals surface area contributed by atoms with Gasteiger partial charge in [-0.3, -0.25) is 9.59 Å². The van der Waals surface area contributed by atoms with Gasteiger partial charge in [-0.2, -0.15) is 4.31 Å². The fourth-order valence-electron chi connectivity index (χ4n) is 3.24. The summed E-state index contributed by atoms with van der Waals surface area (Å²) < 4.78 is 37.9. The summed E-state index contributed by atoms with van der Waals surface area (Å²) in [6, 6.07) is 3.63. The molecule has 1 aliphatic rings. The number of ether oxygens (including phenoxy) is 2. The molecule has 0 saturated carbocycles. The molecule has 0 aliphatic carbocycles. The number of amides is 2. The van der Waals surface area contributed by atoms with Crippen LogP contribution >= 0.6 is 0 Å². The Morgan fingerprint density at radius 1 is 1.18 bits per heavy atom. The van der Waals surface area contributed by atoms with E-state index in [4.69, 9.17) is 9.47 Å². The van der Waals surface area contributed by atoms with Crippen LogP contribution in [0.25, 0.3) is 0 Å². The van der Waals surface area contributed by atoms with Gasteiger partial charge in [0.15, 0.2) is 0 Å². The van der Waals surface area contributed by atoms with Crippen LogP contribution < -0.4 is 10.6 Å². The first-order chi connectivity index (χ1) is 13.2. The van der Waals surface area contributed by atoms with Crippen molar-refractivity contribution in [3.63, 3.8) is 0 Å². The number of carbonyl (C=O) groups is 2. The number of aryl methyl sites for hydroxylation is 3. The topological polar surface area (TPSA) is 114 Å². The minimum atomic E-state index is -3.81. The monoisotopic (exact) mass is 413 g/mol. The summed E-state index contributed by atoms with van der Waals surface area (Å²) in [7, 11) is -2.33. The molecule has 2 rings (SSSR count). The predicted octanol–water partition coefficient (Wildman–Crippen LogP) is -0.162. The van der Waals surface area contributed by atoms with Gasteiger partial charge in [-0.15, -0.1) is 0 Å². The maximum absolute atomic E-state index is 13.2. The number of nitrogens with zero attached hydrogens (tertiary/aromatic N) is 1. The van der Waals surface area contributed by atoms with E-state index in [0.29, 0.717) is 11.1 Å². The van der Waals surface area contributed by atoms with Crippen molar-refractivity contribution >= 4 is 21.8 Å². The van der Waals surface area contributed by atoms with Crippen LogP contribution in [-0.2, 0) is 29.1 Å².